The van der Waals surface area contributed by atoms with E-state index in [0.717, 1.165) is 5.56 Å². The van der Waals surface area contributed by atoms with E-state index in [9.17, 15) is 4.79 Å². The van der Waals surface area contributed by atoms with Gasteiger partial charge in [0.1, 0.15) is 5.75 Å². The molecule has 5 heteroatoms. The van der Waals surface area contributed by atoms with Crippen molar-refractivity contribution in [2.75, 3.05) is 7.05 Å². The Labute approximate surface area is 101 Å². The molecule has 0 aliphatic heterocycles. The maximum atomic E-state index is 11.2. The van der Waals surface area contributed by atoms with Crippen molar-refractivity contribution < 1.29 is 9.53 Å². The molecule has 0 aromatic heterocycles. The van der Waals surface area contributed by atoms with E-state index in [4.69, 9.17) is 10.5 Å². The molecule has 1 aromatic rings. The van der Waals surface area contributed by atoms with Crippen LogP contribution in [-0.2, 0) is 6.54 Å². The van der Waals surface area contributed by atoms with Crippen LogP contribution in [0.3, 0.4) is 0 Å². The van der Waals surface area contributed by atoms with Crippen LogP contribution in [0.1, 0.15) is 29.8 Å². The van der Waals surface area contributed by atoms with E-state index in [-0.39, 0.29) is 6.10 Å². The van der Waals surface area contributed by atoms with Crippen molar-refractivity contribution in [1.29, 1.82) is 0 Å². The van der Waals surface area contributed by atoms with Gasteiger partial charge in [0.05, 0.1) is 6.10 Å². The van der Waals surface area contributed by atoms with Gasteiger partial charge in [-0.1, -0.05) is 0 Å². The molecule has 1 rings (SSSR count). The lowest BCUT2D eigenvalue weighted by Crippen LogP contribution is -2.26. The summed E-state index contributed by atoms with van der Waals surface area (Å²) in [4.78, 5) is 11.2. The number of primary amides is 1. The van der Waals surface area contributed by atoms with Crippen molar-refractivity contribution in [2.24, 2.45) is 5.73 Å². The van der Waals surface area contributed by atoms with Gasteiger partial charge in [-0.05, 0) is 44.7 Å². The first-order chi connectivity index (χ1) is 8.02. The smallest absolute Gasteiger partial charge is 0.248 e. The second kappa shape index (κ2) is 6.22. The summed E-state index contributed by atoms with van der Waals surface area (Å²) in [5.41, 5.74) is 12.4. The van der Waals surface area contributed by atoms with Gasteiger partial charge in [0.2, 0.25) is 5.91 Å². The molecule has 5 nitrogen and oxygen atoms in total. The van der Waals surface area contributed by atoms with Crippen LogP contribution >= 0.6 is 0 Å². The molecule has 0 heterocycles. The minimum atomic E-state index is -0.454. The average Bonchev–Trinajstić information content (AvgIpc) is 2.25. The monoisotopic (exact) mass is 237 g/mol. The third-order valence-corrected chi connectivity index (χ3v) is 2.09. The first-order valence-corrected chi connectivity index (χ1v) is 5.53. The lowest BCUT2D eigenvalue weighted by Gasteiger charge is -2.12. The van der Waals surface area contributed by atoms with Crippen LogP contribution in [0.15, 0.2) is 18.2 Å². The van der Waals surface area contributed by atoms with Crippen molar-refractivity contribution in [3.8, 4) is 5.75 Å². The summed E-state index contributed by atoms with van der Waals surface area (Å²) in [6.45, 7) is 4.46. The molecule has 1 aromatic carbocycles. The van der Waals surface area contributed by atoms with Crippen molar-refractivity contribution in [3.05, 3.63) is 29.3 Å². The zero-order valence-corrected chi connectivity index (χ0v) is 10.4. The summed E-state index contributed by atoms with van der Waals surface area (Å²) in [6.07, 6.45) is 0.0586. The fourth-order valence-corrected chi connectivity index (χ4v) is 1.44. The van der Waals surface area contributed by atoms with Crippen LogP contribution in [0, 0.1) is 0 Å². The first-order valence-electron chi connectivity index (χ1n) is 5.53. The number of hydrazine groups is 1. The van der Waals surface area contributed by atoms with Crippen molar-refractivity contribution in [1.82, 2.24) is 10.9 Å². The van der Waals surface area contributed by atoms with E-state index in [1.165, 1.54) is 0 Å². The van der Waals surface area contributed by atoms with Gasteiger partial charge in [-0.2, -0.15) is 0 Å². The maximum Gasteiger partial charge on any atom is 0.248 e. The number of carbonyl (C=O) groups excluding carboxylic acids is 1. The lowest BCUT2D eigenvalue weighted by atomic mass is 10.1. The van der Waals surface area contributed by atoms with Gasteiger partial charge >= 0.3 is 0 Å². The molecule has 94 valence electrons. The third-order valence-electron chi connectivity index (χ3n) is 2.09. The second-order valence-corrected chi connectivity index (χ2v) is 4.00. The number of benzene rings is 1. The standard InChI is InChI=1S/C12H19N3O2/c1-8(2)17-11-5-9(7-15-14-3)4-10(6-11)12(13)16/h4-6,8,14-15H,7H2,1-3H3,(H2,13,16). The summed E-state index contributed by atoms with van der Waals surface area (Å²) in [5.74, 6) is 0.203. The predicted molar refractivity (Wildman–Crippen MR) is 66.6 cm³/mol. The van der Waals surface area contributed by atoms with E-state index in [2.05, 4.69) is 10.9 Å². The Morgan fingerprint density at radius 2 is 2.12 bits per heavy atom. The van der Waals surface area contributed by atoms with Crippen LogP contribution < -0.4 is 21.3 Å². The molecule has 0 saturated heterocycles. The number of ether oxygens (including phenoxy) is 1. The summed E-state index contributed by atoms with van der Waals surface area (Å²) in [6, 6.07) is 5.29. The SMILES string of the molecule is CNNCc1cc(OC(C)C)cc(C(N)=O)c1. The molecule has 0 radical (unpaired) electrons. The van der Waals surface area contributed by atoms with Gasteiger partial charge in [-0.25, -0.2) is 0 Å². The molecule has 0 atom stereocenters. The summed E-state index contributed by atoms with van der Waals surface area (Å²) in [7, 11) is 1.78. The molecule has 17 heavy (non-hydrogen) atoms. The van der Waals surface area contributed by atoms with Gasteiger partial charge in [0.15, 0.2) is 0 Å². The topological polar surface area (TPSA) is 76.4 Å². The Balaban J connectivity index is 2.96. The van der Waals surface area contributed by atoms with E-state index >= 15 is 0 Å². The summed E-state index contributed by atoms with van der Waals surface area (Å²) >= 11 is 0. The molecule has 1 amide bonds. The Morgan fingerprint density at radius 3 is 2.65 bits per heavy atom. The zero-order valence-electron chi connectivity index (χ0n) is 10.4. The van der Waals surface area contributed by atoms with E-state index in [1.54, 1.807) is 19.2 Å². The van der Waals surface area contributed by atoms with E-state index in [1.807, 2.05) is 19.9 Å². The van der Waals surface area contributed by atoms with E-state index in [0.29, 0.717) is 17.9 Å². The number of rotatable bonds is 6. The number of hydrogen-bond donors (Lipinski definition) is 3. The number of nitrogens with two attached hydrogens (primary N) is 1. The van der Waals surface area contributed by atoms with Crippen molar-refractivity contribution in [3.63, 3.8) is 0 Å². The van der Waals surface area contributed by atoms with Crippen LogP contribution in [0.4, 0.5) is 0 Å². The van der Waals surface area contributed by atoms with Crippen molar-refractivity contribution in [2.45, 2.75) is 26.5 Å². The minimum absolute atomic E-state index is 0.0586. The molecule has 0 fully saturated rings. The Bertz CT molecular complexity index is 391. The van der Waals surface area contributed by atoms with Crippen LogP contribution in [0.2, 0.25) is 0 Å². The Hall–Kier alpha value is -1.59. The molecule has 0 spiro atoms. The molecule has 4 N–H and O–H groups in total. The molecule has 0 bridgehead atoms. The van der Waals surface area contributed by atoms with Gasteiger partial charge < -0.3 is 10.5 Å². The quantitative estimate of drug-likeness (QED) is 0.640. The molecule has 0 aliphatic rings. The van der Waals surface area contributed by atoms with Crippen LogP contribution in [0.25, 0.3) is 0 Å². The maximum absolute atomic E-state index is 11.2. The highest BCUT2D eigenvalue weighted by molar-refractivity contribution is 5.93. The molecule has 0 saturated carbocycles. The highest BCUT2D eigenvalue weighted by Gasteiger charge is 2.07. The normalized spacial score (nSPS) is 10.6. The molecule has 0 aliphatic carbocycles. The van der Waals surface area contributed by atoms with Gasteiger partial charge in [0.25, 0.3) is 0 Å². The fraction of sp³-hybridized carbons (Fsp3) is 0.417. The number of amides is 1. The highest BCUT2D eigenvalue weighted by atomic mass is 16.5. The highest BCUT2D eigenvalue weighted by Crippen LogP contribution is 2.18. The Morgan fingerprint density at radius 1 is 1.41 bits per heavy atom. The summed E-state index contributed by atoms with van der Waals surface area (Å²) in [5, 5.41) is 0. The lowest BCUT2D eigenvalue weighted by molar-refractivity contribution is 0.0999. The fourth-order valence-electron chi connectivity index (χ4n) is 1.44. The van der Waals surface area contributed by atoms with Gasteiger partial charge in [-0.3, -0.25) is 15.6 Å². The predicted octanol–water partition coefficient (Wildman–Crippen LogP) is 0.797. The van der Waals surface area contributed by atoms with E-state index < -0.39 is 5.91 Å². The Kier molecular flexibility index (Phi) is 4.93. The third kappa shape index (κ3) is 4.42. The first kappa shape index (κ1) is 13.5. The molecule has 0 unspecified atom stereocenters. The van der Waals surface area contributed by atoms with Crippen LogP contribution in [-0.4, -0.2) is 19.1 Å². The molecular formula is C12H19N3O2. The minimum Gasteiger partial charge on any atom is -0.491 e. The summed E-state index contributed by atoms with van der Waals surface area (Å²) < 4.78 is 5.57. The van der Waals surface area contributed by atoms with Gasteiger partial charge in [-0.15, -0.1) is 0 Å². The average molecular weight is 237 g/mol. The molecular weight excluding hydrogens is 218 g/mol. The zero-order chi connectivity index (χ0) is 12.8. The number of nitrogens with one attached hydrogen (secondary N) is 2. The second-order valence-electron chi connectivity index (χ2n) is 4.00. The number of carbonyl (C=O) groups is 1. The van der Waals surface area contributed by atoms with Gasteiger partial charge in [0, 0.05) is 12.1 Å². The van der Waals surface area contributed by atoms with Crippen LogP contribution in [0.5, 0.6) is 5.75 Å². The number of hydrogen-bond acceptors (Lipinski definition) is 4. The largest absolute Gasteiger partial charge is 0.491 e. The van der Waals surface area contributed by atoms with Crippen molar-refractivity contribution >= 4 is 5.91 Å².